The number of anilines is 1. The Balaban J connectivity index is 1.41. The predicted octanol–water partition coefficient (Wildman–Crippen LogP) is 6.13. The first-order valence-electron chi connectivity index (χ1n) is 11.0. The van der Waals surface area contributed by atoms with Crippen LogP contribution < -0.4 is 10.6 Å². The first kappa shape index (κ1) is 23.0. The molecular formula is C27H21ClN4O2S. The molecule has 2 N–H and O–H groups in total. The minimum Gasteiger partial charge on any atom is -0.337 e. The average molecular weight is 501 g/mol. The fourth-order valence-corrected chi connectivity index (χ4v) is 4.84. The summed E-state index contributed by atoms with van der Waals surface area (Å²) in [7, 11) is 0. The maximum atomic E-state index is 12.7. The molecule has 1 aliphatic rings. The van der Waals surface area contributed by atoms with Crippen LogP contribution in [0, 0.1) is 6.92 Å². The molecule has 1 aromatic heterocycles. The number of carbonyl (C=O) groups excluding carboxylic acids is 2. The summed E-state index contributed by atoms with van der Waals surface area (Å²) in [4.78, 5) is 30.4. The van der Waals surface area contributed by atoms with Crippen LogP contribution in [-0.2, 0) is 16.1 Å². The van der Waals surface area contributed by atoms with Crippen LogP contribution in [0.3, 0.4) is 0 Å². The van der Waals surface area contributed by atoms with Crippen molar-refractivity contribution in [2.75, 3.05) is 5.32 Å². The van der Waals surface area contributed by atoms with E-state index in [0.29, 0.717) is 20.8 Å². The van der Waals surface area contributed by atoms with Crippen molar-refractivity contribution in [1.82, 2.24) is 9.88 Å². The fraction of sp³-hybridized carbons (Fsp3) is 0.0741. The van der Waals surface area contributed by atoms with Gasteiger partial charge in [-0.1, -0.05) is 54.1 Å². The van der Waals surface area contributed by atoms with Gasteiger partial charge < -0.3 is 15.2 Å². The van der Waals surface area contributed by atoms with Crippen LogP contribution in [0.4, 0.5) is 11.4 Å². The van der Waals surface area contributed by atoms with Gasteiger partial charge in [0, 0.05) is 33.4 Å². The van der Waals surface area contributed by atoms with Gasteiger partial charge in [-0.15, -0.1) is 0 Å². The monoisotopic (exact) mass is 500 g/mol. The van der Waals surface area contributed by atoms with Crippen LogP contribution in [0.2, 0.25) is 5.02 Å². The number of benzene rings is 3. The van der Waals surface area contributed by atoms with Gasteiger partial charge in [0.25, 0.3) is 5.91 Å². The number of thioether (sulfide) groups is 1. The van der Waals surface area contributed by atoms with Gasteiger partial charge >= 0.3 is 0 Å². The van der Waals surface area contributed by atoms with Crippen molar-refractivity contribution < 1.29 is 9.59 Å². The SMILES string of the molecule is Cc1c(Cl)cccc1N=C1NC(=O)/C(=C\c2cn(CC(=O)Nc3ccccc3)c3ccccc23)S1. The summed E-state index contributed by atoms with van der Waals surface area (Å²) in [5, 5.41) is 7.82. The van der Waals surface area contributed by atoms with E-state index in [0.717, 1.165) is 27.7 Å². The second-order valence-corrected chi connectivity index (χ2v) is 9.45. The Hall–Kier alpha value is -3.81. The number of aromatic nitrogens is 1. The molecular weight excluding hydrogens is 480 g/mol. The summed E-state index contributed by atoms with van der Waals surface area (Å²) < 4.78 is 1.89. The van der Waals surface area contributed by atoms with E-state index in [1.807, 2.05) is 96.6 Å². The summed E-state index contributed by atoms with van der Waals surface area (Å²) in [5.74, 6) is -0.345. The number of rotatable bonds is 5. The topological polar surface area (TPSA) is 75.5 Å². The van der Waals surface area contributed by atoms with Crippen LogP contribution in [0.1, 0.15) is 11.1 Å². The summed E-state index contributed by atoms with van der Waals surface area (Å²) >= 11 is 7.47. The Kier molecular flexibility index (Phi) is 6.44. The first-order chi connectivity index (χ1) is 17.0. The zero-order chi connectivity index (χ0) is 24.4. The number of aliphatic imine (C=N–C) groups is 1. The highest BCUT2D eigenvalue weighted by Crippen LogP contribution is 2.32. The van der Waals surface area contributed by atoms with Crippen molar-refractivity contribution in [3.05, 3.63) is 100 Å². The van der Waals surface area contributed by atoms with Crippen molar-refractivity contribution in [2.45, 2.75) is 13.5 Å². The number of hydrogen-bond acceptors (Lipinski definition) is 4. The van der Waals surface area contributed by atoms with Crippen LogP contribution in [-0.4, -0.2) is 21.5 Å². The Bertz CT molecular complexity index is 1510. The molecule has 0 atom stereocenters. The molecule has 5 rings (SSSR count). The van der Waals surface area contributed by atoms with E-state index in [1.165, 1.54) is 11.8 Å². The van der Waals surface area contributed by atoms with E-state index < -0.39 is 0 Å². The highest BCUT2D eigenvalue weighted by molar-refractivity contribution is 8.18. The normalized spacial score (nSPS) is 15.7. The number of nitrogens with zero attached hydrogens (tertiary/aromatic N) is 2. The van der Waals surface area contributed by atoms with Crippen molar-refractivity contribution in [1.29, 1.82) is 0 Å². The number of halogens is 1. The van der Waals surface area contributed by atoms with Crippen LogP contribution in [0.15, 0.2) is 88.9 Å². The number of fused-ring (bicyclic) bond motifs is 1. The first-order valence-corrected chi connectivity index (χ1v) is 12.1. The molecule has 0 saturated carbocycles. The standard InChI is InChI=1S/C27H21ClN4O2S/c1-17-21(28)11-7-12-22(17)30-27-31-26(34)24(35-27)14-18-15-32(23-13-6-5-10-20(18)23)16-25(33)29-19-8-3-2-4-9-19/h2-15H,16H2,1H3,(H,29,33)(H,30,31,34)/b24-14+. The zero-order valence-electron chi connectivity index (χ0n) is 18.8. The molecule has 174 valence electrons. The van der Waals surface area contributed by atoms with E-state index >= 15 is 0 Å². The van der Waals surface area contributed by atoms with Crippen LogP contribution in [0.25, 0.3) is 17.0 Å². The molecule has 0 spiro atoms. The molecule has 0 bridgehead atoms. The zero-order valence-corrected chi connectivity index (χ0v) is 20.4. The van der Waals surface area contributed by atoms with Gasteiger partial charge in [-0.05, 0) is 60.7 Å². The van der Waals surface area contributed by atoms with Crippen LogP contribution in [0.5, 0.6) is 0 Å². The maximum absolute atomic E-state index is 12.7. The Morgan fingerprint density at radius 2 is 1.86 bits per heavy atom. The minimum absolute atomic E-state index is 0.129. The fourth-order valence-electron chi connectivity index (χ4n) is 3.85. The molecule has 2 amide bonds. The smallest absolute Gasteiger partial charge is 0.264 e. The van der Waals surface area contributed by atoms with Crippen LogP contribution >= 0.6 is 23.4 Å². The summed E-state index contributed by atoms with van der Waals surface area (Å²) in [6.45, 7) is 2.04. The van der Waals surface area contributed by atoms with Gasteiger partial charge in [0.1, 0.15) is 6.54 Å². The lowest BCUT2D eigenvalue weighted by Gasteiger charge is -2.07. The highest BCUT2D eigenvalue weighted by Gasteiger charge is 2.25. The lowest BCUT2D eigenvalue weighted by Crippen LogP contribution is -2.19. The van der Waals surface area contributed by atoms with E-state index in [2.05, 4.69) is 15.6 Å². The Labute approximate surface area is 211 Å². The molecule has 0 unspecified atom stereocenters. The van der Waals surface area contributed by atoms with E-state index in [1.54, 1.807) is 0 Å². The number of carbonyl (C=O) groups is 2. The molecule has 3 aromatic carbocycles. The van der Waals surface area contributed by atoms with Gasteiger partial charge in [-0.2, -0.15) is 0 Å². The summed E-state index contributed by atoms with van der Waals surface area (Å²) in [6.07, 6.45) is 3.73. The van der Waals surface area contributed by atoms with E-state index in [9.17, 15) is 9.59 Å². The molecule has 1 aliphatic heterocycles. The minimum atomic E-state index is -0.216. The third-order valence-corrected chi connectivity index (χ3v) is 6.91. The molecule has 1 fully saturated rings. The number of amides is 2. The maximum Gasteiger partial charge on any atom is 0.264 e. The third kappa shape index (κ3) is 5.01. The number of para-hydroxylation sites is 2. The van der Waals surface area contributed by atoms with Gasteiger partial charge in [0.05, 0.1) is 10.6 Å². The largest absolute Gasteiger partial charge is 0.337 e. The number of amidine groups is 1. The van der Waals surface area contributed by atoms with E-state index in [-0.39, 0.29) is 18.4 Å². The van der Waals surface area contributed by atoms with Gasteiger partial charge in [0.15, 0.2) is 5.17 Å². The third-order valence-electron chi connectivity index (χ3n) is 5.59. The molecule has 8 heteroatoms. The highest BCUT2D eigenvalue weighted by atomic mass is 35.5. The summed E-state index contributed by atoms with van der Waals surface area (Å²) in [5.41, 5.74) is 4.07. The van der Waals surface area contributed by atoms with Gasteiger partial charge in [0.2, 0.25) is 5.91 Å². The van der Waals surface area contributed by atoms with Crippen molar-refractivity contribution >= 4 is 68.7 Å². The lowest BCUT2D eigenvalue weighted by atomic mass is 10.1. The van der Waals surface area contributed by atoms with Gasteiger partial charge in [-0.25, -0.2) is 4.99 Å². The predicted molar refractivity (Wildman–Crippen MR) is 144 cm³/mol. The second kappa shape index (κ2) is 9.82. The molecule has 2 heterocycles. The van der Waals surface area contributed by atoms with Crippen molar-refractivity contribution in [3.63, 3.8) is 0 Å². The molecule has 6 nitrogen and oxygen atoms in total. The average Bonchev–Trinajstić information content (AvgIpc) is 3.37. The molecule has 0 aliphatic carbocycles. The lowest BCUT2D eigenvalue weighted by molar-refractivity contribution is -0.117. The molecule has 35 heavy (non-hydrogen) atoms. The molecule has 4 aromatic rings. The van der Waals surface area contributed by atoms with E-state index in [4.69, 9.17) is 11.6 Å². The Morgan fingerprint density at radius 1 is 1.09 bits per heavy atom. The van der Waals surface area contributed by atoms with Crippen molar-refractivity contribution in [3.8, 4) is 0 Å². The quantitative estimate of drug-likeness (QED) is 0.323. The molecule has 0 radical (unpaired) electrons. The number of nitrogens with one attached hydrogen (secondary N) is 2. The van der Waals surface area contributed by atoms with Gasteiger partial charge in [-0.3, -0.25) is 9.59 Å². The van der Waals surface area contributed by atoms with Crippen molar-refractivity contribution in [2.24, 2.45) is 4.99 Å². The number of hydrogen-bond donors (Lipinski definition) is 2. The second-order valence-electron chi connectivity index (χ2n) is 8.01. The Morgan fingerprint density at radius 3 is 2.69 bits per heavy atom. The molecule has 1 saturated heterocycles. The summed E-state index contributed by atoms with van der Waals surface area (Å²) in [6, 6.07) is 22.7.